The van der Waals surface area contributed by atoms with Crippen molar-refractivity contribution in [3.05, 3.63) is 35.6 Å². The summed E-state index contributed by atoms with van der Waals surface area (Å²) in [6.07, 6.45) is 0. The van der Waals surface area contributed by atoms with Crippen LogP contribution in [0.3, 0.4) is 0 Å². The molecule has 20 heavy (non-hydrogen) atoms. The molecule has 0 aliphatic carbocycles. The Hall–Kier alpha value is -2.24. The third-order valence-corrected chi connectivity index (χ3v) is 3.31. The van der Waals surface area contributed by atoms with Gasteiger partial charge in [-0.05, 0) is 24.3 Å². The summed E-state index contributed by atoms with van der Waals surface area (Å²) in [5.41, 5.74) is 0.172. The third kappa shape index (κ3) is 3.01. The van der Waals surface area contributed by atoms with Crippen molar-refractivity contribution in [2.24, 2.45) is 0 Å². The zero-order valence-corrected chi connectivity index (χ0v) is 11.1. The molecular formula is C14H15FN2O3. The van der Waals surface area contributed by atoms with Gasteiger partial charge in [-0.2, -0.15) is 0 Å². The summed E-state index contributed by atoms with van der Waals surface area (Å²) in [7, 11) is 0. The summed E-state index contributed by atoms with van der Waals surface area (Å²) in [6, 6.07) is 4.88. The van der Waals surface area contributed by atoms with E-state index in [2.05, 4.69) is 0 Å². The van der Waals surface area contributed by atoms with Gasteiger partial charge in [-0.25, -0.2) is 4.39 Å². The van der Waals surface area contributed by atoms with Gasteiger partial charge in [0, 0.05) is 38.7 Å². The molecule has 2 amide bonds. The quantitative estimate of drug-likeness (QED) is 0.591. The number of amides is 2. The average molecular weight is 278 g/mol. The van der Waals surface area contributed by atoms with Crippen molar-refractivity contribution in [2.75, 3.05) is 26.2 Å². The van der Waals surface area contributed by atoms with E-state index in [1.54, 1.807) is 4.90 Å². The predicted octanol–water partition coefficient (Wildman–Crippen LogP) is 0.699. The molecule has 1 aromatic rings. The number of carbonyl (C=O) groups is 3. The number of benzene rings is 1. The molecule has 1 heterocycles. The molecule has 1 aromatic carbocycles. The third-order valence-electron chi connectivity index (χ3n) is 3.31. The number of nitrogens with zero attached hydrogens (tertiary/aromatic N) is 2. The van der Waals surface area contributed by atoms with E-state index in [4.69, 9.17) is 0 Å². The highest BCUT2D eigenvalue weighted by atomic mass is 19.1. The molecule has 1 saturated heterocycles. The van der Waals surface area contributed by atoms with Gasteiger partial charge >= 0.3 is 0 Å². The van der Waals surface area contributed by atoms with Crippen LogP contribution in [0.5, 0.6) is 0 Å². The molecule has 1 aliphatic heterocycles. The van der Waals surface area contributed by atoms with Gasteiger partial charge in [-0.1, -0.05) is 0 Å². The first kappa shape index (κ1) is 14.2. The lowest BCUT2D eigenvalue weighted by molar-refractivity contribution is -0.135. The zero-order valence-electron chi connectivity index (χ0n) is 11.1. The van der Waals surface area contributed by atoms with Crippen LogP contribution >= 0.6 is 0 Å². The van der Waals surface area contributed by atoms with E-state index in [-0.39, 0.29) is 11.5 Å². The molecule has 5 nitrogen and oxygen atoms in total. The van der Waals surface area contributed by atoms with Crippen LogP contribution in [0.15, 0.2) is 24.3 Å². The molecule has 0 saturated carbocycles. The summed E-state index contributed by atoms with van der Waals surface area (Å²) in [5.74, 6) is -1.76. The van der Waals surface area contributed by atoms with E-state index >= 15 is 0 Å². The number of hydrogen-bond acceptors (Lipinski definition) is 3. The van der Waals surface area contributed by atoms with Crippen LogP contribution in [0.4, 0.5) is 4.39 Å². The maximum Gasteiger partial charge on any atom is 0.295 e. The van der Waals surface area contributed by atoms with Crippen LogP contribution in [-0.2, 0) is 9.59 Å². The van der Waals surface area contributed by atoms with Crippen LogP contribution in [-0.4, -0.2) is 53.6 Å². The highest BCUT2D eigenvalue weighted by Crippen LogP contribution is 2.08. The Morgan fingerprint density at radius 1 is 0.950 bits per heavy atom. The van der Waals surface area contributed by atoms with Gasteiger partial charge in [-0.15, -0.1) is 0 Å². The molecular weight excluding hydrogens is 263 g/mol. The predicted molar refractivity (Wildman–Crippen MR) is 69.6 cm³/mol. The van der Waals surface area contributed by atoms with Crippen LogP contribution in [0, 0.1) is 5.82 Å². The van der Waals surface area contributed by atoms with Crippen LogP contribution in [0.25, 0.3) is 0 Å². The van der Waals surface area contributed by atoms with Gasteiger partial charge in [-0.3, -0.25) is 14.4 Å². The fourth-order valence-electron chi connectivity index (χ4n) is 2.09. The molecule has 0 spiro atoms. The van der Waals surface area contributed by atoms with E-state index in [1.165, 1.54) is 24.0 Å². The van der Waals surface area contributed by atoms with E-state index in [1.807, 2.05) is 0 Å². The summed E-state index contributed by atoms with van der Waals surface area (Å²) >= 11 is 0. The molecule has 0 aromatic heterocycles. The summed E-state index contributed by atoms with van der Waals surface area (Å²) in [4.78, 5) is 38.3. The molecule has 0 radical (unpaired) electrons. The number of rotatable bonds is 2. The Balaban J connectivity index is 2.00. The minimum atomic E-state index is -0.652. The number of halogens is 1. The molecule has 0 unspecified atom stereocenters. The first-order valence-electron chi connectivity index (χ1n) is 6.33. The van der Waals surface area contributed by atoms with Crippen LogP contribution < -0.4 is 0 Å². The van der Waals surface area contributed by atoms with Crippen molar-refractivity contribution in [3.63, 3.8) is 0 Å². The normalized spacial score (nSPS) is 15.1. The van der Waals surface area contributed by atoms with E-state index < -0.39 is 17.5 Å². The maximum absolute atomic E-state index is 12.8. The van der Waals surface area contributed by atoms with Crippen molar-refractivity contribution in [2.45, 2.75) is 6.92 Å². The first-order chi connectivity index (χ1) is 9.49. The smallest absolute Gasteiger partial charge is 0.295 e. The van der Waals surface area contributed by atoms with E-state index in [0.717, 1.165) is 12.1 Å². The van der Waals surface area contributed by atoms with Gasteiger partial charge in [0.1, 0.15) is 5.82 Å². The molecule has 1 fully saturated rings. The monoisotopic (exact) mass is 278 g/mol. The lowest BCUT2D eigenvalue weighted by atomic mass is 10.1. The van der Waals surface area contributed by atoms with Gasteiger partial charge < -0.3 is 9.80 Å². The number of carbonyl (C=O) groups excluding carboxylic acids is 3. The Kier molecular flexibility index (Phi) is 4.12. The molecule has 0 atom stereocenters. The SMILES string of the molecule is CC(=O)N1CCN(C(=O)C(=O)c2ccc(F)cc2)CC1. The highest BCUT2D eigenvalue weighted by Gasteiger charge is 2.27. The number of piperazine rings is 1. The summed E-state index contributed by atoms with van der Waals surface area (Å²) < 4.78 is 12.8. The maximum atomic E-state index is 12.8. The van der Waals surface area contributed by atoms with Gasteiger partial charge in [0.15, 0.2) is 0 Å². The van der Waals surface area contributed by atoms with Gasteiger partial charge in [0.05, 0.1) is 0 Å². The van der Waals surface area contributed by atoms with E-state index in [0.29, 0.717) is 26.2 Å². The van der Waals surface area contributed by atoms with E-state index in [9.17, 15) is 18.8 Å². The summed E-state index contributed by atoms with van der Waals surface area (Å²) in [5, 5.41) is 0. The minimum Gasteiger partial charge on any atom is -0.339 e. The molecule has 6 heteroatoms. The Bertz CT molecular complexity index is 534. The Morgan fingerprint density at radius 2 is 1.45 bits per heavy atom. The number of Topliss-reactive ketones (excluding diaryl/α,β-unsaturated/α-hetero) is 1. The average Bonchev–Trinajstić information content (AvgIpc) is 2.46. The standard InChI is InChI=1S/C14H15FN2O3/c1-10(18)16-6-8-17(9-7-16)14(20)13(19)11-2-4-12(15)5-3-11/h2-5H,6-9H2,1H3. The molecule has 106 valence electrons. The lowest BCUT2D eigenvalue weighted by Crippen LogP contribution is -2.51. The molecule has 0 bridgehead atoms. The second-order valence-electron chi connectivity index (χ2n) is 4.63. The zero-order chi connectivity index (χ0) is 14.7. The Labute approximate surface area is 116 Å². The van der Waals surface area contributed by atoms with Crippen molar-refractivity contribution >= 4 is 17.6 Å². The second-order valence-corrected chi connectivity index (χ2v) is 4.63. The highest BCUT2D eigenvalue weighted by molar-refractivity contribution is 6.42. The lowest BCUT2D eigenvalue weighted by Gasteiger charge is -2.33. The molecule has 2 rings (SSSR count). The van der Waals surface area contributed by atoms with Gasteiger partial charge in [0.25, 0.3) is 5.91 Å². The van der Waals surface area contributed by atoms with Crippen molar-refractivity contribution < 1.29 is 18.8 Å². The first-order valence-corrected chi connectivity index (χ1v) is 6.33. The fourth-order valence-corrected chi connectivity index (χ4v) is 2.09. The summed E-state index contributed by atoms with van der Waals surface area (Å²) in [6.45, 7) is 3.01. The van der Waals surface area contributed by atoms with Crippen LogP contribution in [0.1, 0.15) is 17.3 Å². The van der Waals surface area contributed by atoms with Gasteiger partial charge in [0.2, 0.25) is 11.7 Å². The largest absolute Gasteiger partial charge is 0.339 e. The van der Waals surface area contributed by atoms with Crippen molar-refractivity contribution in [3.8, 4) is 0 Å². The number of hydrogen-bond donors (Lipinski definition) is 0. The second kappa shape index (κ2) is 5.81. The molecule has 1 aliphatic rings. The minimum absolute atomic E-state index is 0.0399. The Morgan fingerprint density at radius 3 is 1.95 bits per heavy atom. The number of ketones is 1. The fraction of sp³-hybridized carbons (Fsp3) is 0.357. The van der Waals surface area contributed by atoms with Crippen molar-refractivity contribution in [1.82, 2.24) is 9.80 Å². The topological polar surface area (TPSA) is 57.7 Å². The van der Waals surface area contributed by atoms with Crippen molar-refractivity contribution in [1.29, 1.82) is 0 Å². The van der Waals surface area contributed by atoms with Crippen LogP contribution in [0.2, 0.25) is 0 Å². The molecule has 0 N–H and O–H groups in total.